The molecular formula is C21H33N5O3S. The molecule has 2 heterocycles. The highest BCUT2D eigenvalue weighted by atomic mass is 32.2. The third kappa shape index (κ3) is 6.70. The van der Waals surface area contributed by atoms with Gasteiger partial charge in [0.1, 0.15) is 0 Å². The monoisotopic (exact) mass is 435 g/mol. The maximum atomic E-state index is 11.7. The maximum absolute atomic E-state index is 11.7. The Balaban J connectivity index is 1.59. The van der Waals surface area contributed by atoms with Crippen LogP contribution in [0, 0.1) is 5.92 Å². The first-order valence-electron chi connectivity index (χ1n) is 10.7. The van der Waals surface area contributed by atoms with Crippen molar-refractivity contribution >= 4 is 21.7 Å². The fourth-order valence-electron chi connectivity index (χ4n) is 4.11. The molecule has 0 bridgehead atoms. The number of rotatable bonds is 7. The summed E-state index contributed by atoms with van der Waals surface area (Å²) in [4.78, 5) is 18.4. The van der Waals surface area contributed by atoms with Crippen LogP contribution < -0.4 is 16.4 Å². The van der Waals surface area contributed by atoms with Gasteiger partial charge in [-0.1, -0.05) is 24.3 Å². The number of amides is 1. The molecule has 0 radical (unpaired) electrons. The van der Waals surface area contributed by atoms with Gasteiger partial charge in [0.05, 0.1) is 24.0 Å². The Labute approximate surface area is 179 Å². The molecule has 1 aromatic carbocycles. The van der Waals surface area contributed by atoms with Gasteiger partial charge in [0.25, 0.3) is 0 Å². The van der Waals surface area contributed by atoms with Crippen molar-refractivity contribution in [1.29, 1.82) is 0 Å². The standard InChI is InChI=1S/C21H33N5O3S/c1-2-23-21(25-19-8-10-30(28,29)15-19)24-12-16-5-3-6-17(11-16)13-26-9-4-7-18(14-26)20(22)27/h3,5-6,11,18-19H,2,4,7-10,12-15H2,1H3,(H2,22,27)(H2,23,24,25). The quantitative estimate of drug-likeness (QED) is 0.427. The Morgan fingerprint density at radius 2 is 2.10 bits per heavy atom. The first-order chi connectivity index (χ1) is 14.3. The maximum Gasteiger partial charge on any atom is 0.221 e. The summed E-state index contributed by atoms with van der Waals surface area (Å²) < 4.78 is 23.4. The molecule has 166 valence electrons. The molecular weight excluding hydrogens is 402 g/mol. The minimum Gasteiger partial charge on any atom is -0.369 e. The van der Waals surface area contributed by atoms with Crippen molar-refractivity contribution in [3.8, 4) is 0 Å². The van der Waals surface area contributed by atoms with Crippen molar-refractivity contribution in [2.24, 2.45) is 16.6 Å². The van der Waals surface area contributed by atoms with E-state index in [1.165, 1.54) is 5.56 Å². The number of nitrogens with two attached hydrogens (primary N) is 1. The SMILES string of the molecule is CCNC(=NCc1cccc(CN2CCCC(C(N)=O)C2)c1)NC1CCS(=O)(=O)C1. The van der Waals surface area contributed by atoms with Crippen LogP contribution in [0.1, 0.15) is 37.3 Å². The van der Waals surface area contributed by atoms with Crippen molar-refractivity contribution < 1.29 is 13.2 Å². The molecule has 0 spiro atoms. The van der Waals surface area contributed by atoms with E-state index in [1.54, 1.807) is 0 Å². The van der Waals surface area contributed by atoms with Gasteiger partial charge in [0, 0.05) is 25.7 Å². The van der Waals surface area contributed by atoms with E-state index in [2.05, 4.69) is 32.7 Å². The molecule has 1 aromatic rings. The van der Waals surface area contributed by atoms with Crippen LogP contribution in [0.2, 0.25) is 0 Å². The summed E-state index contributed by atoms with van der Waals surface area (Å²) in [5.74, 6) is 0.778. The number of hydrogen-bond donors (Lipinski definition) is 3. The second-order valence-corrected chi connectivity index (χ2v) is 10.5. The van der Waals surface area contributed by atoms with E-state index in [0.29, 0.717) is 25.5 Å². The second-order valence-electron chi connectivity index (χ2n) is 8.24. The summed E-state index contributed by atoms with van der Waals surface area (Å²) >= 11 is 0. The number of aliphatic imine (C=N–C) groups is 1. The van der Waals surface area contributed by atoms with Crippen molar-refractivity contribution in [1.82, 2.24) is 15.5 Å². The molecule has 2 saturated heterocycles. The minimum absolute atomic E-state index is 0.0558. The van der Waals surface area contributed by atoms with Crippen LogP contribution in [0.5, 0.6) is 0 Å². The number of hydrogen-bond acceptors (Lipinski definition) is 5. The lowest BCUT2D eigenvalue weighted by molar-refractivity contribution is -0.123. The number of benzene rings is 1. The zero-order valence-corrected chi connectivity index (χ0v) is 18.5. The van der Waals surface area contributed by atoms with Crippen LogP contribution in [0.25, 0.3) is 0 Å². The van der Waals surface area contributed by atoms with Gasteiger partial charge in [-0.25, -0.2) is 13.4 Å². The Hall–Kier alpha value is -2.13. The summed E-state index contributed by atoms with van der Waals surface area (Å²) in [5.41, 5.74) is 7.76. The summed E-state index contributed by atoms with van der Waals surface area (Å²) in [5, 5.41) is 6.44. The molecule has 9 heteroatoms. The number of carbonyl (C=O) groups excluding carboxylic acids is 1. The lowest BCUT2D eigenvalue weighted by atomic mass is 9.97. The molecule has 2 aliphatic rings. The molecule has 0 aromatic heterocycles. The van der Waals surface area contributed by atoms with Crippen LogP contribution in [0.15, 0.2) is 29.3 Å². The fraction of sp³-hybridized carbons (Fsp3) is 0.619. The van der Waals surface area contributed by atoms with Gasteiger partial charge in [-0.05, 0) is 43.9 Å². The molecule has 2 unspecified atom stereocenters. The predicted molar refractivity (Wildman–Crippen MR) is 119 cm³/mol. The van der Waals surface area contributed by atoms with Gasteiger partial charge in [-0.15, -0.1) is 0 Å². The average molecular weight is 436 g/mol. The van der Waals surface area contributed by atoms with Crippen LogP contribution in [-0.2, 0) is 27.7 Å². The largest absolute Gasteiger partial charge is 0.369 e. The number of nitrogens with one attached hydrogen (secondary N) is 2. The van der Waals surface area contributed by atoms with E-state index < -0.39 is 9.84 Å². The highest BCUT2D eigenvalue weighted by Gasteiger charge is 2.28. The molecule has 8 nitrogen and oxygen atoms in total. The van der Waals surface area contributed by atoms with Crippen molar-refractivity contribution in [2.45, 2.75) is 45.3 Å². The van der Waals surface area contributed by atoms with Crippen molar-refractivity contribution in [3.05, 3.63) is 35.4 Å². The minimum atomic E-state index is -2.93. The molecule has 1 amide bonds. The van der Waals surface area contributed by atoms with Crippen LogP contribution in [-0.4, -0.2) is 62.4 Å². The smallest absolute Gasteiger partial charge is 0.221 e. The predicted octanol–water partition coefficient (Wildman–Crippen LogP) is 0.626. The number of likely N-dealkylation sites (tertiary alicyclic amines) is 1. The van der Waals surface area contributed by atoms with E-state index in [-0.39, 0.29) is 29.4 Å². The summed E-state index contributed by atoms with van der Waals surface area (Å²) in [6.45, 7) is 5.69. The van der Waals surface area contributed by atoms with Crippen LogP contribution in [0.4, 0.5) is 0 Å². The fourth-order valence-corrected chi connectivity index (χ4v) is 5.78. The topological polar surface area (TPSA) is 117 Å². The summed E-state index contributed by atoms with van der Waals surface area (Å²) in [7, 11) is -2.93. The van der Waals surface area contributed by atoms with E-state index in [1.807, 2.05) is 19.1 Å². The number of carbonyl (C=O) groups is 1. The number of nitrogens with zero attached hydrogens (tertiary/aromatic N) is 2. The zero-order valence-electron chi connectivity index (χ0n) is 17.6. The molecule has 2 atom stereocenters. The van der Waals surface area contributed by atoms with Crippen LogP contribution >= 0.6 is 0 Å². The summed E-state index contributed by atoms with van der Waals surface area (Å²) in [6.07, 6.45) is 2.49. The van der Waals surface area contributed by atoms with E-state index in [0.717, 1.165) is 38.0 Å². The molecule has 2 fully saturated rings. The summed E-state index contributed by atoms with van der Waals surface area (Å²) in [6, 6.07) is 8.21. The Morgan fingerprint density at radius 1 is 1.30 bits per heavy atom. The van der Waals surface area contributed by atoms with E-state index in [4.69, 9.17) is 5.73 Å². The lowest BCUT2D eigenvalue weighted by Gasteiger charge is -2.31. The average Bonchev–Trinajstić information content (AvgIpc) is 3.05. The van der Waals surface area contributed by atoms with Crippen LogP contribution in [0.3, 0.4) is 0 Å². The molecule has 0 saturated carbocycles. The highest BCUT2D eigenvalue weighted by molar-refractivity contribution is 7.91. The number of sulfone groups is 1. The molecule has 0 aliphatic carbocycles. The third-order valence-corrected chi connectivity index (χ3v) is 7.41. The normalized spacial score (nSPS) is 24.5. The Kier molecular flexibility index (Phi) is 7.71. The third-order valence-electron chi connectivity index (χ3n) is 5.64. The molecule has 2 aliphatic heterocycles. The number of guanidine groups is 1. The van der Waals surface area contributed by atoms with Gasteiger partial charge in [0.15, 0.2) is 15.8 Å². The van der Waals surface area contributed by atoms with Gasteiger partial charge in [0.2, 0.25) is 5.91 Å². The van der Waals surface area contributed by atoms with Gasteiger partial charge in [-0.3, -0.25) is 9.69 Å². The zero-order chi connectivity index (χ0) is 21.6. The second kappa shape index (κ2) is 10.3. The molecule has 30 heavy (non-hydrogen) atoms. The molecule has 3 rings (SSSR count). The first-order valence-corrected chi connectivity index (χ1v) is 12.5. The van der Waals surface area contributed by atoms with E-state index >= 15 is 0 Å². The van der Waals surface area contributed by atoms with Crippen molar-refractivity contribution in [2.75, 3.05) is 31.1 Å². The van der Waals surface area contributed by atoms with Gasteiger partial charge in [-0.2, -0.15) is 0 Å². The lowest BCUT2D eigenvalue weighted by Crippen LogP contribution is -2.44. The number of primary amides is 1. The molecule has 4 N–H and O–H groups in total. The Bertz CT molecular complexity index is 871. The van der Waals surface area contributed by atoms with Gasteiger partial charge >= 0.3 is 0 Å². The highest BCUT2D eigenvalue weighted by Crippen LogP contribution is 2.19. The number of piperidine rings is 1. The van der Waals surface area contributed by atoms with E-state index in [9.17, 15) is 13.2 Å². The van der Waals surface area contributed by atoms with Gasteiger partial charge < -0.3 is 16.4 Å². The van der Waals surface area contributed by atoms with Crippen molar-refractivity contribution in [3.63, 3.8) is 0 Å². The first kappa shape index (κ1) is 22.6. The Morgan fingerprint density at radius 3 is 2.80 bits per heavy atom.